The first-order chi connectivity index (χ1) is 21.6. The van der Waals surface area contributed by atoms with Crippen LogP contribution >= 0.6 is 56.5 Å². The second-order valence-corrected chi connectivity index (χ2v) is 13.8. The van der Waals surface area contributed by atoms with Crippen LogP contribution in [0.2, 0.25) is 0 Å². The van der Waals surface area contributed by atoms with Crippen molar-refractivity contribution in [3.8, 4) is 17.6 Å². The number of thiazole rings is 1. The highest BCUT2D eigenvalue weighted by molar-refractivity contribution is 14.1. The second-order valence-electron chi connectivity index (χ2n) is 10.4. The molecule has 1 aliphatic heterocycles. The van der Waals surface area contributed by atoms with Crippen LogP contribution in [-0.4, -0.2) is 23.2 Å². The van der Waals surface area contributed by atoms with Crippen molar-refractivity contribution in [1.29, 1.82) is 5.26 Å². The van der Waals surface area contributed by atoms with Crippen molar-refractivity contribution in [3.63, 3.8) is 0 Å². The van der Waals surface area contributed by atoms with Gasteiger partial charge >= 0.3 is 5.97 Å². The van der Waals surface area contributed by atoms with Gasteiger partial charge in [0, 0.05) is 14.7 Å². The number of allylic oxidation sites excluding steroid dienone is 1. The quantitative estimate of drug-likeness (QED) is 0.146. The molecule has 1 aromatic heterocycles. The van der Waals surface area contributed by atoms with Gasteiger partial charge in [-0.15, -0.1) is 0 Å². The first-order valence-corrected chi connectivity index (χ1v) is 17.1. The van der Waals surface area contributed by atoms with Crippen molar-refractivity contribution in [1.82, 2.24) is 4.57 Å². The summed E-state index contributed by atoms with van der Waals surface area (Å²) in [6.45, 7) is 7.85. The number of nitriles is 1. The summed E-state index contributed by atoms with van der Waals surface area (Å²) >= 11 is 5.74. The van der Waals surface area contributed by atoms with E-state index in [0.717, 1.165) is 18.3 Å². The van der Waals surface area contributed by atoms with Gasteiger partial charge in [-0.05, 0) is 115 Å². The molecule has 0 saturated heterocycles. The summed E-state index contributed by atoms with van der Waals surface area (Å²) in [4.78, 5) is 32.8. The first-order valence-electron chi connectivity index (χ1n) is 14.2. The van der Waals surface area contributed by atoms with Crippen molar-refractivity contribution in [2.45, 2.75) is 46.4 Å². The van der Waals surface area contributed by atoms with Gasteiger partial charge in [0.1, 0.15) is 24.1 Å². The van der Waals surface area contributed by atoms with Gasteiger partial charge in [0.25, 0.3) is 5.56 Å². The number of benzene rings is 3. The van der Waals surface area contributed by atoms with Crippen LogP contribution in [0, 0.1) is 18.5 Å². The van der Waals surface area contributed by atoms with Gasteiger partial charge in [-0.2, -0.15) is 5.26 Å². The van der Waals surface area contributed by atoms with Crippen molar-refractivity contribution >= 4 is 68.6 Å². The fourth-order valence-corrected chi connectivity index (χ4v) is 8.05. The number of halogens is 2. The van der Waals surface area contributed by atoms with E-state index in [0.29, 0.717) is 49.8 Å². The third kappa shape index (κ3) is 7.18. The van der Waals surface area contributed by atoms with Crippen LogP contribution in [0.25, 0.3) is 6.08 Å². The fourth-order valence-electron chi connectivity index (χ4n) is 4.97. The number of nitrogens with zero attached hydrogens (tertiary/aromatic N) is 3. The lowest BCUT2D eigenvalue weighted by molar-refractivity contribution is -0.139. The topological polar surface area (TPSA) is 103 Å². The smallest absolute Gasteiger partial charge is 0.338 e. The number of para-hydroxylation sites is 1. The van der Waals surface area contributed by atoms with E-state index >= 15 is 0 Å². The lowest BCUT2D eigenvalue weighted by Gasteiger charge is -2.26. The molecule has 230 valence electrons. The van der Waals surface area contributed by atoms with Crippen LogP contribution in [0.15, 0.2) is 81.7 Å². The molecule has 45 heavy (non-hydrogen) atoms. The Labute approximate surface area is 292 Å². The number of esters is 1. The molecule has 5 rings (SSSR count). The fraction of sp³-hybridized carbons (Fsp3) is 0.235. The summed E-state index contributed by atoms with van der Waals surface area (Å²) in [5.41, 5.74) is 3.41. The molecule has 4 aromatic rings. The van der Waals surface area contributed by atoms with E-state index in [1.807, 2.05) is 68.5 Å². The predicted molar refractivity (Wildman–Crippen MR) is 190 cm³/mol. The monoisotopic (exact) mass is 845 g/mol. The maximum atomic E-state index is 14.3. The molecule has 11 heteroatoms. The summed E-state index contributed by atoms with van der Waals surface area (Å²) in [6.07, 6.45) is 1.70. The van der Waals surface area contributed by atoms with Gasteiger partial charge in [0.05, 0.1) is 43.7 Å². The number of carbonyl (C=O) groups is 1. The van der Waals surface area contributed by atoms with Crippen LogP contribution in [-0.2, 0) is 16.1 Å². The highest BCUT2D eigenvalue weighted by atomic mass is 127. The van der Waals surface area contributed by atoms with E-state index in [2.05, 4.69) is 51.3 Å². The number of hydrogen-bond acceptors (Lipinski definition) is 8. The van der Waals surface area contributed by atoms with Crippen LogP contribution in [0.4, 0.5) is 0 Å². The third-order valence-corrected chi connectivity index (χ3v) is 9.29. The minimum absolute atomic E-state index is 0.121. The largest absolute Gasteiger partial charge is 0.491 e. The average molecular weight is 845 g/mol. The van der Waals surface area contributed by atoms with E-state index in [4.69, 9.17) is 24.5 Å². The van der Waals surface area contributed by atoms with E-state index < -0.39 is 12.0 Å². The zero-order valence-electron chi connectivity index (χ0n) is 25.0. The lowest BCUT2D eigenvalue weighted by atomic mass is 9.95. The molecule has 1 aliphatic rings. The molecule has 1 atom stereocenters. The summed E-state index contributed by atoms with van der Waals surface area (Å²) in [5, 5.41) is 9.12. The Morgan fingerprint density at radius 2 is 1.89 bits per heavy atom. The number of ether oxygens (including phenoxy) is 3. The van der Waals surface area contributed by atoms with Crippen molar-refractivity contribution in [3.05, 3.63) is 121 Å². The van der Waals surface area contributed by atoms with Gasteiger partial charge in [-0.1, -0.05) is 41.7 Å². The molecule has 0 spiro atoms. The summed E-state index contributed by atoms with van der Waals surface area (Å²) < 4.78 is 21.8. The van der Waals surface area contributed by atoms with E-state index in [1.165, 1.54) is 11.3 Å². The Morgan fingerprint density at radius 1 is 1.16 bits per heavy atom. The number of fused-ring (bicyclic) bond motifs is 1. The molecular weight excluding hydrogens is 816 g/mol. The molecule has 0 saturated carbocycles. The van der Waals surface area contributed by atoms with Crippen LogP contribution < -0.4 is 24.4 Å². The zero-order chi connectivity index (χ0) is 32.2. The van der Waals surface area contributed by atoms with Crippen molar-refractivity contribution in [2.75, 3.05) is 6.61 Å². The zero-order valence-corrected chi connectivity index (χ0v) is 30.1. The van der Waals surface area contributed by atoms with E-state index in [-0.39, 0.29) is 18.3 Å². The molecule has 0 bridgehead atoms. The molecule has 0 fully saturated rings. The van der Waals surface area contributed by atoms with Crippen molar-refractivity contribution in [2.24, 2.45) is 4.99 Å². The summed E-state index contributed by atoms with van der Waals surface area (Å²) in [5.74, 6) is 0.694. The summed E-state index contributed by atoms with van der Waals surface area (Å²) in [7, 11) is 0. The van der Waals surface area contributed by atoms with Crippen LogP contribution in [0.1, 0.15) is 56.0 Å². The standard InChI is InChI=1S/C34H29I2N3O5S/c1-5-42-33(41)29-20(4)38-34-39(30(29)25-8-6-7-9-27(25)44-19(2)3)32(40)28(45-34)15-23-14-24(35)16-26(36)31(23)43-18-22-12-10-21(17-37)11-13-22/h6-16,19,30H,5,18H2,1-4H3/b28-15-/t30-/m0/s1. The molecule has 0 unspecified atom stereocenters. The minimum Gasteiger partial charge on any atom is -0.491 e. The maximum Gasteiger partial charge on any atom is 0.338 e. The number of rotatable bonds is 9. The number of carbonyl (C=O) groups excluding carboxylic acids is 1. The average Bonchev–Trinajstić information content (AvgIpc) is 3.30. The molecule has 0 amide bonds. The Morgan fingerprint density at radius 3 is 2.58 bits per heavy atom. The molecule has 8 nitrogen and oxygen atoms in total. The normalized spacial score (nSPS) is 14.5. The summed E-state index contributed by atoms with van der Waals surface area (Å²) in [6, 6.07) is 20.0. The number of aromatic nitrogens is 1. The highest BCUT2D eigenvalue weighted by Gasteiger charge is 2.35. The second kappa shape index (κ2) is 14.3. The minimum atomic E-state index is -0.791. The van der Waals surface area contributed by atoms with E-state index in [9.17, 15) is 9.59 Å². The lowest BCUT2D eigenvalue weighted by Crippen LogP contribution is -2.40. The molecular formula is C34H29I2N3O5S. The molecule has 0 N–H and O–H groups in total. The van der Waals surface area contributed by atoms with Gasteiger partial charge < -0.3 is 14.2 Å². The van der Waals surface area contributed by atoms with Crippen LogP contribution in [0.5, 0.6) is 11.5 Å². The third-order valence-electron chi connectivity index (χ3n) is 6.88. The van der Waals surface area contributed by atoms with Crippen molar-refractivity contribution < 1.29 is 19.0 Å². The predicted octanol–water partition coefficient (Wildman–Crippen LogP) is 6.25. The van der Waals surface area contributed by atoms with Gasteiger partial charge in [-0.25, -0.2) is 9.79 Å². The molecule has 2 heterocycles. The van der Waals surface area contributed by atoms with Crippen LogP contribution in [0.3, 0.4) is 0 Å². The Bertz CT molecular complexity index is 2020. The molecule has 0 aliphatic carbocycles. The maximum absolute atomic E-state index is 14.3. The highest BCUT2D eigenvalue weighted by Crippen LogP contribution is 2.36. The number of hydrogen-bond donors (Lipinski definition) is 0. The Kier molecular flexibility index (Phi) is 10.5. The SMILES string of the molecule is CCOC(=O)C1=C(C)N=c2s/c(=C\c3cc(I)cc(I)c3OCc3ccc(C#N)cc3)c(=O)n2[C@H]1c1ccccc1OC(C)C. The molecule has 3 aromatic carbocycles. The molecule has 0 radical (unpaired) electrons. The van der Waals surface area contributed by atoms with E-state index in [1.54, 1.807) is 30.5 Å². The first kappa shape index (κ1) is 32.9. The Balaban J connectivity index is 1.66. The van der Waals surface area contributed by atoms with Gasteiger partial charge in [0.15, 0.2) is 4.80 Å². The van der Waals surface area contributed by atoms with Gasteiger partial charge in [0.2, 0.25) is 0 Å². The van der Waals surface area contributed by atoms with Gasteiger partial charge in [-0.3, -0.25) is 9.36 Å². The Hall–Kier alpha value is -3.48.